The summed E-state index contributed by atoms with van der Waals surface area (Å²) >= 11 is 0. The molecule has 4 aromatic rings. The minimum Gasteiger partial charge on any atom is -0.376 e. The third-order valence-electron chi connectivity index (χ3n) is 6.85. The fourth-order valence-electron chi connectivity index (χ4n) is 4.77. The Balaban J connectivity index is 1.52. The molecule has 9 heteroatoms. The highest BCUT2D eigenvalue weighted by Gasteiger charge is 2.34. The maximum atomic E-state index is 14.1. The zero-order chi connectivity index (χ0) is 26.5. The molecule has 2 unspecified atom stereocenters. The molecule has 196 valence electrons. The minimum absolute atomic E-state index is 0.0236. The van der Waals surface area contributed by atoms with Gasteiger partial charge in [0.1, 0.15) is 18.1 Å². The summed E-state index contributed by atoms with van der Waals surface area (Å²) in [5, 5.41) is 11.4. The lowest BCUT2D eigenvalue weighted by Gasteiger charge is -2.32. The summed E-state index contributed by atoms with van der Waals surface area (Å²) in [6.45, 7) is 5.24. The van der Waals surface area contributed by atoms with E-state index in [0.717, 1.165) is 23.9 Å². The number of carbonyl (C=O) groups excluding carboxylic acids is 2. The van der Waals surface area contributed by atoms with E-state index >= 15 is 0 Å². The monoisotopic (exact) mass is 512 g/mol. The Bertz CT molecular complexity index is 1380. The first kappa shape index (κ1) is 25.5. The Morgan fingerprint density at radius 1 is 1.08 bits per heavy atom. The molecular weight excluding hydrogens is 480 g/mol. The van der Waals surface area contributed by atoms with E-state index in [4.69, 9.17) is 4.74 Å². The Morgan fingerprint density at radius 3 is 2.61 bits per heavy atom. The largest absolute Gasteiger partial charge is 0.376 e. The molecule has 0 radical (unpaired) electrons. The van der Waals surface area contributed by atoms with Crippen LogP contribution in [-0.4, -0.2) is 51.0 Å². The number of fused-ring (bicyclic) bond motifs is 1. The Kier molecular flexibility index (Phi) is 7.74. The second-order valence-corrected chi connectivity index (χ2v) is 9.81. The van der Waals surface area contributed by atoms with E-state index in [1.807, 2.05) is 54.6 Å². The minimum atomic E-state index is -0.933. The van der Waals surface area contributed by atoms with Gasteiger partial charge in [-0.05, 0) is 54.7 Å². The number of pyridine rings is 1. The molecule has 2 aromatic heterocycles. The van der Waals surface area contributed by atoms with Crippen LogP contribution in [0.1, 0.15) is 49.8 Å². The highest BCUT2D eigenvalue weighted by Crippen LogP contribution is 2.30. The summed E-state index contributed by atoms with van der Waals surface area (Å²) in [7, 11) is 0. The van der Waals surface area contributed by atoms with Crippen molar-refractivity contribution >= 4 is 28.5 Å². The van der Waals surface area contributed by atoms with Crippen molar-refractivity contribution in [2.45, 2.75) is 51.3 Å². The van der Waals surface area contributed by atoms with Gasteiger partial charge in [-0.1, -0.05) is 49.4 Å². The smallest absolute Gasteiger partial charge is 0.249 e. The molecule has 1 N–H and O–H groups in total. The van der Waals surface area contributed by atoms with Crippen LogP contribution < -0.4 is 10.2 Å². The van der Waals surface area contributed by atoms with Gasteiger partial charge in [0.25, 0.3) is 0 Å². The van der Waals surface area contributed by atoms with Crippen LogP contribution >= 0.6 is 0 Å². The third kappa shape index (κ3) is 5.57. The molecule has 5 rings (SSSR count). The van der Waals surface area contributed by atoms with Crippen LogP contribution in [0.3, 0.4) is 0 Å². The molecule has 9 nitrogen and oxygen atoms in total. The summed E-state index contributed by atoms with van der Waals surface area (Å²) in [6.07, 6.45) is 5.13. The molecule has 0 bridgehead atoms. The van der Waals surface area contributed by atoms with Crippen LogP contribution in [-0.2, 0) is 20.9 Å². The number of ether oxygens (including phenoxy) is 1. The number of amides is 2. The van der Waals surface area contributed by atoms with Crippen molar-refractivity contribution < 1.29 is 14.3 Å². The van der Waals surface area contributed by atoms with Gasteiger partial charge < -0.3 is 10.1 Å². The number of hydrogen-bond acceptors (Lipinski definition) is 6. The van der Waals surface area contributed by atoms with E-state index in [1.54, 1.807) is 28.0 Å². The molecule has 2 amide bonds. The second-order valence-electron chi connectivity index (χ2n) is 9.81. The SMILES string of the molecule is CC(C)c1ccc(N(C(=O)Cn2nnc3ccccc32)C(C(=O)NCC2CCCO2)c2cccnc2)cc1. The van der Waals surface area contributed by atoms with Gasteiger partial charge in [0.15, 0.2) is 0 Å². The third-order valence-corrected chi connectivity index (χ3v) is 6.85. The second kappa shape index (κ2) is 11.5. The predicted octanol–water partition coefficient (Wildman–Crippen LogP) is 4.02. The normalized spacial score (nSPS) is 16.0. The average Bonchev–Trinajstić information content (AvgIpc) is 3.61. The van der Waals surface area contributed by atoms with Crippen LogP contribution in [0.2, 0.25) is 0 Å². The van der Waals surface area contributed by atoms with E-state index in [9.17, 15) is 9.59 Å². The maximum Gasteiger partial charge on any atom is 0.249 e. The Morgan fingerprint density at radius 2 is 1.89 bits per heavy atom. The van der Waals surface area contributed by atoms with E-state index in [2.05, 4.69) is 34.5 Å². The van der Waals surface area contributed by atoms with Crippen molar-refractivity contribution in [3.63, 3.8) is 0 Å². The summed E-state index contributed by atoms with van der Waals surface area (Å²) < 4.78 is 7.27. The maximum absolute atomic E-state index is 14.1. The fourth-order valence-corrected chi connectivity index (χ4v) is 4.77. The number of nitrogens with zero attached hydrogens (tertiary/aromatic N) is 5. The molecule has 1 fully saturated rings. The molecule has 0 spiro atoms. The summed E-state index contributed by atoms with van der Waals surface area (Å²) in [4.78, 5) is 33.6. The number of nitrogens with one attached hydrogen (secondary N) is 1. The van der Waals surface area contributed by atoms with Crippen LogP contribution in [0.5, 0.6) is 0 Å². The van der Waals surface area contributed by atoms with Crippen molar-refractivity contribution in [1.29, 1.82) is 0 Å². The van der Waals surface area contributed by atoms with Crippen LogP contribution in [0.25, 0.3) is 11.0 Å². The lowest BCUT2D eigenvalue weighted by molar-refractivity contribution is -0.127. The zero-order valence-electron chi connectivity index (χ0n) is 21.7. The molecule has 3 heterocycles. The molecule has 0 aliphatic carbocycles. The van der Waals surface area contributed by atoms with Gasteiger partial charge in [-0.3, -0.25) is 19.5 Å². The molecule has 2 aromatic carbocycles. The van der Waals surface area contributed by atoms with Gasteiger partial charge in [0.05, 0.1) is 11.6 Å². The van der Waals surface area contributed by atoms with Gasteiger partial charge in [0.2, 0.25) is 11.8 Å². The molecule has 0 saturated carbocycles. The number of rotatable bonds is 9. The van der Waals surface area contributed by atoms with E-state index in [1.165, 1.54) is 0 Å². The number of benzene rings is 2. The van der Waals surface area contributed by atoms with Gasteiger partial charge in [-0.15, -0.1) is 5.10 Å². The van der Waals surface area contributed by atoms with Crippen LogP contribution in [0.4, 0.5) is 5.69 Å². The average molecular weight is 513 g/mol. The number of hydrogen-bond donors (Lipinski definition) is 1. The molecule has 2 atom stereocenters. The lowest BCUT2D eigenvalue weighted by Crippen LogP contribution is -2.46. The fraction of sp³-hybridized carbons (Fsp3) is 0.345. The van der Waals surface area contributed by atoms with Crippen molar-refractivity contribution in [3.8, 4) is 0 Å². The number of aromatic nitrogens is 4. The molecule has 38 heavy (non-hydrogen) atoms. The first-order valence-electron chi connectivity index (χ1n) is 13.0. The highest BCUT2D eigenvalue weighted by atomic mass is 16.5. The quantitative estimate of drug-likeness (QED) is 0.363. The van der Waals surface area contributed by atoms with E-state index < -0.39 is 6.04 Å². The number of para-hydroxylation sites is 1. The standard InChI is InChI=1S/C29H32N6O3/c1-20(2)21-11-13-23(14-12-21)35(27(36)19-34-26-10-4-3-9-25(26)32-33-34)28(22-7-5-15-30-17-22)29(37)31-18-24-8-6-16-38-24/h3-5,7,9-15,17,20,24,28H,6,8,16,18-19H2,1-2H3,(H,31,37). The highest BCUT2D eigenvalue weighted by molar-refractivity contribution is 6.01. The molecule has 1 aliphatic rings. The van der Waals surface area contributed by atoms with Gasteiger partial charge >= 0.3 is 0 Å². The Labute approximate surface area is 221 Å². The topological polar surface area (TPSA) is 102 Å². The Hall–Kier alpha value is -4.11. The van der Waals surface area contributed by atoms with Gasteiger partial charge in [-0.2, -0.15) is 0 Å². The van der Waals surface area contributed by atoms with Crippen molar-refractivity contribution in [1.82, 2.24) is 25.3 Å². The first-order chi connectivity index (χ1) is 18.5. The van der Waals surface area contributed by atoms with Crippen molar-refractivity contribution in [2.24, 2.45) is 0 Å². The van der Waals surface area contributed by atoms with Crippen molar-refractivity contribution in [3.05, 3.63) is 84.2 Å². The molecule has 1 saturated heterocycles. The number of carbonyl (C=O) groups is 2. The first-order valence-corrected chi connectivity index (χ1v) is 13.0. The zero-order valence-corrected chi connectivity index (χ0v) is 21.7. The lowest BCUT2D eigenvalue weighted by atomic mass is 10.0. The predicted molar refractivity (Wildman–Crippen MR) is 145 cm³/mol. The molecule has 1 aliphatic heterocycles. The summed E-state index contributed by atoms with van der Waals surface area (Å²) in [6, 6.07) is 17.9. The number of anilines is 1. The van der Waals surface area contributed by atoms with Gasteiger partial charge in [0, 0.05) is 36.8 Å². The van der Waals surface area contributed by atoms with E-state index in [0.29, 0.717) is 35.8 Å². The van der Waals surface area contributed by atoms with Crippen LogP contribution in [0, 0.1) is 0 Å². The van der Waals surface area contributed by atoms with E-state index in [-0.39, 0.29) is 24.5 Å². The van der Waals surface area contributed by atoms with Crippen LogP contribution in [0.15, 0.2) is 73.1 Å². The summed E-state index contributed by atoms with van der Waals surface area (Å²) in [5.74, 6) is -0.254. The summed E-state index contributed by atoms with van der Waals surface area (Å²) in [5.41, 5.74) is 3.82. The molecular formula is C29H32N6O3. The van der Waals surface area contributed by atoms with Crippen molar-refractivity contribution in [2.75, 3.05) is 18.1 Å². The van der Waals surface area contributed by atoms with Gasteiger partial charge in [-0.25, -0.2) is 4.68 Å².